The molecule has 0 bridgehead atoms. The van der Waals surface area contributed by atoms with Crippen LogP contribution in [0.5, 0.6) is 0 Å². The van der Waals surface area contributed by atoms with Gasteiger partial charge in [-0.2, -0.15) is 18.3 Å². The van der Waals surface area contributed by atoms with Crippen molar-refractivity contribution in [3.63, 3.8) is 0 Å². The summed E-state index contributed by atoms with van der Waals surface area (Å²) in [7, 11) is 1.25. The van der Waals surface area contributed by atoms with Gasteiger partial charge in [0.25, 0.3) is 0 Å². The smallest absolute Gasteiger partial charge is 0.435 e. The first-order chi connectivity index (χ1) is 9.45. The Kier molecular flexibility index (Phi) is 4.65. The Labute approximate surface area is 119 Å². The fourth-order valence-corrected chi connectivity index (χ4v) is 1.45. The van der Waals surface area contributed by atoms with Gasteiger partial charge in [0.15, 0.2) is 5.69 Å². The predicted octanol–water partition coefficient (Wildman–Crippen LogP) is 2.54. The monoisotopic (exact) mass is 307 g/mol. The molecule has 1 unspecified atom stereocenters. The molecule has 0 aliphatic rings. The maximum absolute atomic E-state index is 12.5. The molecule has 0 spiro atoms. The highest BCUT2D eigenvalue weighted by Gasteiger charge is 2.36. The standard InChI is InChI=1S/C12H16F3N3O3/c1-11(2,3)21-10(20)18(4)8(6-19)7-5-9(17-16-7)12(13,14)15/h5-6,8H,1-4H3,(H,16,17). The molecule has 1 aromatic rings. The van der Waals surface area contributed by atoms with Crippen LogP contribution in [-0.2, 0) is 15.7 Å². The summed E-state index contributed by atoms with van der Waals surface area (Å²) in [6.45, 7) is 4.89. The highest BCUT2D eigenvalue weighted by atomic mass is 19.4. The van der Waals surface area contributed by atoms with Gasteiger partial charge < -0.3 is 9.53 Å². The molecule has 1 atom stereocenters. The third-order valence-electron chi connectivity index (χ3n) is 2.43. The number of hydrogen-bond acceptors (Lipinski definition) is 4. The Hall–Kier alpha value is -2.06. The van der Waals surface area contributed by atoms with Gasteiger partial charge in [0.2, 0.25) is 0 Å². The van der Waals surface area contributed by atoms with Crippen LogP contribution in [0.15, 0.2) is 6.07 Å². The molecule has 9 heteroatoms. The molecule has 0 saturated heterocycles. The number of nitrogens with one attached hydrogen (secondary N) is 1. The molecule has 1 amide bonds. The molecule has 0 aliphatic carbocycles. The SMILES string of the molecule is CN(C(=O)OC(C)(C)C)C(C=O)c1cc(C(F)(F)F)n[nH]1. The van der Waals surface area contributed by atoms with Crippen molar-refractivity contribution in [2.24, 2.45) is 0 Å². The lowest BCUT2D eigenvalue weighted by atomic mass is 10.2. The molecular formula is C12H16F3N3O3. The number of hydrogen-bond donors (Lipinski definition) is 1. The number of carbonyl (C=O) groups is 2. The van der Waals surface area contributed by atoms with E-state index in [0.717, 1.165) is 4.90 Å². The zero-order valence-corrected chi connectivity index (χ0v) is 12.0. The first kappa shape index (κ1) is 17.0. The number of ether oxygens (including phenoxy) is 1. The van der Waals surface area contributed by atoms with E-state index in [2.05, 4.69) is 10.2 Å². The van der Waals surface area contributed by atoms with Crippen LogP contribution >= 0.6 is 0 Å². The molecular weight excluding hydrogens is 291 g/mol. The molecule has 0 radical (unpaired) electrons. The Morgan fingerprint density at radius 2 is 2.00 bits per heavy atom. The largest absolute Gasteiger partial charge is 0.444 e. The van der Waals surface area contributed by atoms with Gasteiger partial charge in [-0.3, -0.25) is 10.00 Å². The van der Waals surface area contributed by atoms with Crippen LogP contribution in [0, 0.1) is 0 Å². The average Bonchev–Trinajstić information content (AvgIpc) is 2.76. The van der Waals surface area contributed by atoms with E-state index < -0.39 is 29.6 Å². The number of aldehydes is 1. The minimum absolute atomic E-state index is 0.148. The Morgan fingerprint density at radius 1 is 1.43 bits per heavy atom. The van der Waals surface area contributed by atoms with Gasteiger partial charge in [-0.25, -0.2) is 4.79 Å². The molecule has 1 aromatic heterocycles. The van der Waals surface area contributed by atoms with E-state index in [1.807, 2.05) is 0 Å². The van der Waals surface area contributed by atoms with Gasteiger partial charge in [0.1, 0.15) is 17.9 Å². The van der Waals surface area contributed by atoms with Crippen molar-refractivity contribution >= 4 is 12.4 Å². The summed E-state index contributed by atoms with van der Waals surface area (Å²) in [5.41, 5.74) is -2.10. The van der Waals surface area contributed by atoms with E-state index in [4.69, 9.17) is 4.74 Å². The Morgan fingerprint density at radius 3 is 2.38 bits per heavy atom. The maximum atomic E-state index is 12.5. The van der Waals surface area contributed by atoms with Crippen LogP contribution in [0.25, 0.3) is 0 Å². The molecule has 0 aliphatic heterocycles. The van der Waals surface area contributed by atoms with Crippen molar-refractivity contribution in [3.8, 4) is 0 Å². The Bertz CT molecular complexity index is 520. The third-order valence-corrected chi connectivity index (χ3v) is 2.43. The van der Waals surface area contributed by atoms with Gasteiger partial charge in [-0.15, -0.1) is 0 Å². The van der Waals surface area contributed by atoms with E-state index in [1.54, 1.807) is 20.8 Å². The second-order valence-corrected chi connectivity index (χ2v) is 5.38. The molecule has 0 aromatic carbocycles. The molecule has 118 valence electrons. The first-order valence-corrected chi connectivity index (χ1v) is 5.99. The van der Waals surface area contributed by atoms with Gasteiger partial charge >= 0.3 is 12.3 Å². The topological polar surface area (TPSA) is 75.3 Å². The van der Waals surface area contributed by atoms with Crippen molar-refractivity contribution < 1.29 is 27.5 Å². The van der Waals surface area contributed by atoms with Crippen molar-refractivity contribution in [3.05, 3.63) is 17.5 Å². The number of rotatable bonds is 3. The first-order valence-electron chi connectivity index (χ1n) is 5.99. The zero-order valence-electron chi connectivity index (χ0n) is 12.0. The highest BCUT2D eigenvalue weighted by Crippen LogP contribution is 2.29. The van der Waals surface area contributed by atoms with Gasteiger partial charge in [0, 0.05) is 7.05 Å². The second kappa shape index (κ2) is 5.74. The van der Waals surface area contributed by atoms with Crippen molar-refractivity contribution in [1.29, 1.82) is 0 Å². The number of alkyl halides is 3. The molecule has 6 nitrogen and oxygen atoms in total. The van der Waals surface area contributed by atoms with Gasteiger partial charge in [0.05, 0.1) is 5.69 Å². The molecule has 1 N–H and O–H groups in total. The summed E-state index contributed by atoms with van der Waals surface area (Å²) in [5, 5.41) is 5.20. The quantitative estimate of drug-likeness (QED) is 0.871. The maximum Gasteiger partial charge on any atom is 0.435 e. The van der Waals surface area contributed by atoms with E-state index in [9.17, 15) is 22.8 Å². The number of carbonyl (C=O) groups excluding carboxylic acids is 2. The lowest BCUT2D eigenvalue weighted by molar-refractivity contribution is -0.141. The summed E-state index contributed by atoms with van der Waals surface area (Å²) < 4.78 is 42.5. The van der Waals surface area contributed by atoms with Crippen LogP contribution in [0.2, 0.25) is 0 Å². The zero-order chi connectivity index (χ0) is 16.4. The van der Waals surface area contributed by atoms with Crippen molar-refractivity contribution in [1.82, 2.24) is 15.1 Å². The lowest BCUT2D eigenvalue weighted by Gasteiger charge is -2.27. The minimum Gasteiger partial charge on any atom is -0.444 e. The van der Waals surface area contributed by atoms with Crippen LogP contribution in [-0.4, -0.2) is 40.1 Å². The van der Waals surface area contributed by atoms with E-state index in [0.29, 0.717) is 12.4 Å². The molecule has 0 saturated carbocycles. The number of amides is 1. The molecule has 1 heterocycles. The normalized spacial score (nSPS) is 13.7. The fourth-order valence-electron chi connectivity index (χ4n) is 1.45. The number of aromatic amines is 1. The second-order valence-electron chi connectivity index (χ2n) is 5.38. The van der Waals surface area contributed by atoms with E-state index in [1.165, 1.54) is 7.05 Å². The minimum atomic E-state index is -4.63. The number of H-pyrrole nitrogens is 1. The number of nitrogens with zero attached hydrogens (tertiary/aromatic N) is 2. The summed E-state index contributed by atoms with van der Waals surface area (Å²) in [6.07, 6.45) is -5.13. The van der Waals surface area contributed by atoms with E-state index >= 15 is 0 Å². The predicted molar refractivity (Wildman–Crippen MR) is 66.4 cm³/mol. The van der Waals surface area contributed by atoms with Crippen LogP contribution in [0.3, 0.4) is 0 Å². The van der Waals surface area contributed by atoms with E-state index in [-0.39, 0.29) is 5.69 Å². The number of likely N-dealkylation sites (N-methyl/N-ethyl adjacent to an activating group) is 1. The number of aromatic nitrogens is 2. The van der Waals surface area contributed by atoms with Gasteiger partial charge in [-0.1, -0.05) is 0 Å². The fraction of sp³-hybridized carbons (Fsp3) is 0.583. The van der Waals surface area contributed by atoms with Crippen molar-refractivity contribution in [2.75, 3.05) is 7.05 Å². The highest BCUT2D eigenvalue weighted by molar-refractivity contribution is 5.74. The lowest BCUT2D eigenvalue weighted by Crippen LogP contribution is -2.37. The summed E-state index contributed by atoms with van der Waals surface area (Å²) in [4.78, 5) is 23.8. The molecule has 0 fully saturated rings. The van der Waals surface area contributed by atoms with Crippen LogP contribution in [0.1, 0.15) is 38.2 Å². The molecule has 21 heavy (non-hydrogen) atoms. The average molecular weight is 307 g/mol. The summed E-state index contributed by atoms with van der Waals surface area (Å²) in [6, 6.07) is -0.566. The third kappa shape index (κ3) is 4.47. The summed E-state index contributed by atoms with van der Waals surface area (Å²) in [5.74, 6) is 0. The van der Waals surface area contributed by atoms with Crippen LogP contribution < -0.4 is 0 Å². The molecule has 1 rings (SSSR count). The van der Waals surface area contributed by atoms with Crippen molar-refractivity contribution in [2.45, 2.75) is 38.6 Å². The summed E-state index contributed by atoms with van der Waals surface area (Å²) >= 11 is 0. The van der Waals surface area contributed by atoms with Gasteiger partial charge in [-0.05, 0) is 26.8 Å². The van der Waals surface area contributed by atoms with Crippen LogP contribution in [0.4, 0.5) is 18.0 Å². The Balaban J connectivity index is 2.95. The number of halogens is 3.